The largest absolute Gasteiger partial charge is 0.416 e. The molecule has 0 saturated carbocycles. The molecule has 18 heavy (non-hydrogen) atoms. The van der Waals surface area contributed by atoms with Gasteiger partial charge in [-0.3, -0.25) is 0 Å². The summed E-state index contributed by atoms with van der Waals surface area (Å²) in [6, 6.07) is 6.08. The second-order valence-corrected chi connectivity index (χ2v) is 3.31. The predicted octanol–water partition coefficient (Wildman–Crippen LogP) is 2.36. The molecular formula is C12H9F3N2O. The fourth-order valence-corrected chi connectivity index (χ4v) is 1.29. The molecule has 0 aliphatic rings. The summed E-state index contributed by atoms with van der Waals surface area (Å²) in [5.74, 6) is 0. The third kappa shape index (κ3) is 3.63. The van der Waals surface area contributed by atoms with E-state index >= 15 is 0 Å². The first-order valence-corrected chi connectivity index (χ1v) is 4.94. The third-order valence-electron chi connectivity index (χ3n) is 2.11. The van der Waals surface area contributed by atoms with Gasteiger partial charge in [0.15, 0.2) is 0 Å². The Morgan fingerprint density at radius 1 is 1.33 bits per heavy atom. The van der Waals surface area contributed by atoms with E-state index in [9.17, 15) is 18.0 Å². The van der Waals surface area contributed by atoms with Gasteiger partial charge in [0.05, 0.1) is 23.9 Å². The van der Waals surface area contributed by atoms with Gasteiger partial charge in [0.1, 0.15) is 6.29 Å². The number of hydrogen-bond donors (Lipinski definition) is 1. The maximum absolute atomic E-state index is 12.3. The molecule has 0 amide bonds. The van der Waals surface area contributed by atoms with Crippen LogP contribution in [0.2, 0.25) is 0 Å². The molecule has 0 spiro atoms. The number of alkyl halides is 3. The molecule has 3 nitrogen and oxygen atoms in total. The number of carbonyl (C=O) groups is 1. The van der Waals surface area contributed by atoms with Gasteiger partial charge >= 0.3 is 6.18 Å². The van der Waals surface area contributed by atoms with Crippen molar-refractivity contribution in [2.75, 3.05) is 6.54 Å². The molecule has 1 N–H and O–H groups in total. The average Bonchev–Trinajstić information content (AvgIpc) is 2.33. The molecule has 6 heteroatoms. The second-order valence-electron chi connectivity index (χ2n) is 3.31. The van der Waals surface area contributed by atoms with Crippen molar-refractivity contribution in [3.05, 3.63) is 41.5 Å². The molecule has 1 aromatic rings. The predicted molar refractivity (Wildman–Crippen MR) is 59.1 cm³/mol. The first-order chi connectivity index (χ1) is 8.49. The Kier molecular flexibility index (Phi) is 4.49. The molecule has 0 aromatic heterocycles. The van der Waals surface area contributed by atoms with Gasteiger partial charge in [-0.05, 0) is 17.7 Å². The topological polar surface area (TPSA) is 52.9 Å². The smallest absolute Gasteiger partial charge is 0.377 e. The summed E-state index contributed by atoms with van der Waals surface area (Å²) in [5.41, 5.74) is -0.0531. The van der Waals surface area contributed by atoms with E-state index in [0.29, 0.717) is 17.5 Å². The summed E-state index contributed by atoms with van der Waals surface area (Å²) in [6.45, 7) is -0.0193. The molecule has 1 aromatic carbocycles. The van der Waals surface area contributed by atoms with Crippen LogP contribution < -0.4 is 5.32 Å². The molecular weight excluding hydrogens is 245 g/mol. The number of nitrogens with one attached hydrogen (secondary N) is 1. The van der Waals surface area contributed by atoms with E-state index in [1.54, 1.807) is 6.07 Å². The second kappa shape index (κ2) is 5.87. The van der Waals surface area contributed by atoms with Crippen LogP contribution >= 0.6 is 0 Å². The minimum atomic E-state index is -4.39. The van der Waals surface area contributed by atoms with Crippen LogP contribution in [-0.4, -0.2) is 12.8 Å². The lowest BCUT2D eigenvalue weighted by Crippen LogP contribution is -2.14. The van der Waals surface area contributed by atoms with Gasteiger partial charge < -0.3 is 10.1 Å². The van der Waals surface area contributed by atoms with Gasteiger partial charge in [0.2, 0.25) is 0 Å². The fraction of sp³-hybridized carbons (Fsp3) is 0.167. The summed E-state index contributed by atoms with van der Waals surface area (Å²) in [6.07, 6.45) is -2.67. The Balaban J connectivity index is 2.98. The molecule has 0 fully saturated rings. The van der Waals surface area contributed by atoms with E-state index in [1.807, 2.05) is 0 Å². The molecule has 0 radical (unpaired) electrons. The van der Waals surface area contributed by atoms with Crippen molar-refractivity contribution >= 4 is 12.0 Å². The summed E-state index contributed by atoms with van der Waals surface area (Å²) in [7, 11) is 0. The van der Waals surface area contributed by atoms with Crippen molar-refractivity contribution in [3.63, 3.8) is 0 Å². The lowest BCUT2D eigenvalue weighted by Gasteiger charge is -2.10. The zero-order valence-corrected chi connectivity index (χ0v) is 9.16. The lowest BCUT2D eigenvalue weighted by atomic mass is 10.1. The number of allylic oxidation sites excluding steroid dienone is 1. The lowest BCUT2D eigenvalue weighted by molar-refractivity contribution is -0.137. The molecule has 0 bridgehead atoms. The zero-order valence-electron chi connectivity index (χ0n) is 9.16. The maximum Gasteiger partial charge on any atom is 0.416 e. The molecule has 94 valence electrons. The average molecular weight is 254 g/mol. The third-order valence-corrected chi connectivity index (χ3v) is 2.11. The summed E-state index contributed by atoms with van der Waals surface area (Å²) < 4.78 is 37.0. The van der Waals surface area contributed by atoms with Gasteiger partial charge in [-0.25, -0.2) is 0 Å². The Morgan fingerprint density at radius 3 is 2.39 bits per heavy atom. The number of rotatable bonds is 4. The van der Waals surface area contributed by atoms with Gasteiger partial charge in [-0.15, -0.1) is 0 Å². The SMILES string of the molecule is N#C/C=C(\NCC=O)c1ccc(C(F)(F)F)cc1. The van der Waals surface area contributed by atoms with Crippen LogP contribution in [0.15, 0.2) is 30.3 Å². The number of nitriles is 1. The highest BCUT2D eigenvalue weighted by Crippen LogP contribution is 2.29. The summed E-state index contributed by atoms with van der Waals surface area (Å²) in [4.78, 5) is 10.2. The molecule has 0 saturated heterocycles. The van der Waals surface area contributed by atoms with E-state index in [1.165, 1.54) is 12.1 Å². The van der Waals surface area contributed by atoms with Crippen molar-refractivity contribution < 1.29 is 18.0 Å². The molecule has 0 aliphatic heterocycles. The quantitative estimate of drug-likeness (QED) is 0.662. The number of hydrogen-bond acceptors (Lipinski definition) is 3. The van der Waals surface area contributed by atoms with Crippen molar-refractivity contribution in [1.29, 1.82) is 5.26 Å². The van der Waals surface area contributed by atoms with Crippen molar-refractivity contribution in [1.82, 2.24) is 5.32 Å². The number of aldehydes is 1. The molecule has 0 unspecified atom stereocenters. The molecule has 0 heterocycles. The van der Waals surface area contributed by atoms with Crippen LogP contribution in [0.5, 0.6) is 0 Å². The van der Waals surface area contributed by atoms with E-state index in [4.69, 9.17) is 5.26 Å². The van der Waals surface area contributed by atoms with Crippen LogP contribution in [0.25, 0.3) is 5.70 Å². The molecule has 0 aliphatic carbocycles. The highest BCUT2D eigenvalue weighted by Gasteiger charge is 2.29. The first-order valence-electron chi connectivity index (χ1n) is 4.94. The number of nitrogens with zero attached hydrogens (tertiary/aromatic N) is 1. The van der Waals surface area contributed by atoms with Crippen LogP contribution in [0.1, 0.15) is 11.1 Å². The number of benzene rings is 1. The first kappa shape index (κ1) is 13.8. The van der Waals surface area contributed by atoms with E-state index in [0.717, 1.165) is 18.2 Å². The van der Waals surface area contributed by atoms with Gasteiger partial charge in [0, 0.05) is 6.08 Å². The molecule has 1 rings (SSSR count). The van der Waals surface area contributed by atoms with Gasteiger partial charge in [0.25, 0.3) is 0 Å². The van der Waals surface area contributed by atoms with Gasteiger partial charge in [-0.1, -0.05) is 12.1 Å². The minimum absolute atomic E-state index is 0.0193. The van der Waals surface area contributed by atoms with Crippen LogP contribution in [0.4, 0.5) is 13.2 Å². The summed E-state index contributed by atoms with van der Waals surface area (Å²) >= 11 is 0. The van der Waals surface area contributed by atoms with Crippen molar-refractivity contribution in [2.24, 2.45) is 0 Å². The van der Waals surface area contributed by atoms with E-state index in [-0.39, 0.29) is 6.54 Å². The van der Waals surface area contributed by atoms with Crippen molar-refractivity contribution in [3.8, 4) is 6.07 Å². The van der Waals surface area contributed by atoms with E-state index in [2.05, 4.69) is 5.32 Å². The van der Waals surface area contributed by atoms with Gasteiger partial charge in [-0.2, -0.15) is 18.4 Å². The number of halogens is 3. The van der Waals surface area contributed by atoms with Crippen LogP contribution in [-0.2, 0) is 11.0 Å². The number of carbonyl (C=O) groups excluding carboxylic acids is 1. The highest BCUT2D eigenvalue weighted by atomic mass is 19.4. The standard InChI is InChI=1S/C12H9F3N2O/c13-12(14,15)10-3-1-9(2-4-10)11(5-6-16)17-7-8-18/h1-5,8,17H,7H2/b11-5-. The fourth-order valence-electron chi connectivity index (χ4n) is 1.29. The normalized spacial score (nSPS) is 11.8. The van der Waals surface area contributed by atoms with E-state index < -0.39 is 11.7 Å². The van der Waals surface area contributed by atoms with Crippen molar-refractivity contribution in [2.45, 2.75) is 6.18 Å². The maximum atomic E-state index is 12.3. The monoisotopic (exact) mass is 254 g/mol. The Morgan fingerprint density at radius 2 is 1.94 bits per heavy atom. The minimum Gasteiger partial charge on any atom is -0.377 e. The van der Waals surface area contributed by atoms with Crippen LogP contribution in [0, 0.1) is 11.3 Å². The highest BCUT2D eigenvalue weighted by molar-refractivity contribution is 5.68. The zero-order chi connectivity index (χ0) is 13.6. The van der Waals surface area contributed by atoms with Crippen LogP contribution in [0.3, 0.4) is 0 Å². The molecule has 0 atom stereocenters. The summed E-state index contributed by atoms with van der Waals surface area (Å²) in [5, 5.41) is 11.2. The Bertz CT molecular complexity index is 484. The Labute approximate surface area is 102 Å². The Hall–Kier alpha value is -2.29.